The van der Waals surface area contributed by atoms with Crippen molar-refractivity contribution in [2.24, 2.45) is 0 Å². The number of hydrogen-bond acceptors (Lipinski definition) is 4. The van der Waals surface area contributed by atoms with Gasteiger partial charge in [-0.15, -0.1) is 6.58 Å². The maximum Gasteiger partial charge on any atom is 0.258 e. The van der Waals surface area contributed by atoms with Gasteiger partial charge >= 0.3 is 0 Å². The van der Waals surface area contributed by atoms with Crippen LogP contribution >= 0.6 is 0 Å². The van der Waals surface area contributed by atoms with Crippen LogP contribution in [0.1, 0.15) is 24.2 Å². The molecule has 1 aliphatic rings. The van der Waals surface area contributed by atoms with Gasteiger partial charge in [0.25, 0.3) is 5.91 Å². The van der Waals surface area contributed by atoms with Crippen LogP contribution in [0.4, 0.5) is 5.69 Å². The minimum Gasteiger partial charge on any atom is -0.373 e. The Morgan fingerprint density at radius 3 is 2.24 bits per heavy atom. The summed E-state index contributed by atoms with van der Waals surface area (Å²) >= 11 is 0. The fourth-order valence-electron chi connectivity index (χ4n) is 3.44. The molecule has 0 aliphatic carbocycles. The average Bonchev–Trinajstić information content (AvgIpc) is 2.71. The molecule has 2 atom stereocenters. The van der Waals surface area contributed by atoms with Crippen molar-refractivity contribution in [2.45, 2.75) is 31.0 Å². The predicted octanol–water partition coefficient (Wildman–Crippen LogP) is 3.32. The molecule has 0 aromatic heterocycles. The van der Waals surface area contributed by atoms with Crippen LogP contribution in [-0.2, 0) is 14.8 Å². The van der Waals surface area contributed by atoms with Gasteiger partial charge in [0.15, 0.2) is 0 Å². The standard InChI is InChI=1S/C22H26N2O4S/c1-4-14-24(20-8-6-5-7-9-20)22(25)19-10-12-21(13-11-19)29(26,27)23-15-17(2)28-18(3)16-23/h4-13,17-18H,1,14-16H2,2-3H3. The Hall–Kier alpha value is -2.48. The molecule has 3 rings (SSSR count). The lowest BCUT2D eigenvalue weighted by molar-refractivity contribution is -0.0440. The first kappa shape index (κ1) is 21.2. The van der Waals surface area contributed by atoms with E-state index in [1.165, 1.54) is 16.4 Å². The Morgan fingerprint density at radius 2 is 1.69 bits per heavy atom. The van der Waals surface area contributed by atoms with Crippen LogP contribution < -0.4 is 4.90 Å². The number of benzene rings is 2. The molecule has 6 nitrogen and oxygen atoms in total. The van der Waals surface area contributed by atoms with Crippen molar-refractivity contribution in [3.63, 3.8) is 0 Å². The number of amides is 1. The second kappa shape index (κ2) is 8.90. The van der Waals surface area contributed by atoms with Crippen LogP contribution in [0, 0.1) is 0 Å². The van der Waals surface area contributed by atoms with E-state index in [-0.39, 0.29) is 23.0 Å². The smallest absolute Gasteiger partial charge is 0.258 e. The third-order valence-electron chi connectivity index (χ3n) is 4.75. The zero-order valence-corrected chi connectivity index (χ0v) is 17.5. The van der Waals surface area contributed by atoms with Crippen molar-refractivity contribution in [3.8, 4) is 0 Å². The first-order valence-electron chi connectivity index (χ1n) is 9.56. The van der Waals surface area contributed by atoms with Gasteiger partial charge < -0.3 is 9.64 Å². The summed E-state index contributed by atoms with van der Waals surface area (Å²) in [7, 11) is -3.64. The average molecular weight is 415 g/mol. The number of sulfonamides is 1. The first-order valence-corrected chi connectivity index (χ1v) is 11.0. The summed E-state index contributed by atoms with van der Waals surface area (Å²) in [6, 6.07) is 15.4. The Bertz CT molecular complexity index is 948. The highest BCUT2D eigenvalue weighted by Gasteiger charge is 2.32. The molecule has 1 aliphatic heterocycles. The van der Waals surface area contributed by atoms with Crippen LogP contribution in [0.3, 0.4) is 0 Å². The van der Waals surface area contributed by atoms with Gasteiger partial charge in [-0.1, -0.05) is 24.3 Å². The molecular formula is C22H26N2O4S. The lowest BCUT2D eigenvalue weighted by Crippen LogP contribution is -2.48. The van der Waals surface area contributed by atoms with Gasteiger partial charge in [-0.05, 0) is 50.2 Å². The van der Waals surface area contributed by atoms with Crippen LogP contribution in [0.2, 0.25) is 0 Å². The summed E-state index contributed by atoms with van der Waals surface area (Å²) in [6.07, 6.45) is 1.34. The molecular weight excluding hydrogens is 388 g/mol. The summed E-state index contributed by atoms with van der Waals surface area (Å²) in [6.45, 7) is 8.42. The second-order valence-electron chi connectivity index (χ2n) is 7.14. The van der Waals surface area contributed by atoms with E-state index in [1.54, 1.807) is 23.1 Å². The Kier molecular flexibility index (Phi) is 6.52. The molecule has 0 N–H and O–H groups in total. The molecule has 154 valence electrons. The maximum absolute atomic E-state index is 13.0. The van der Waals surface area contributed by atoms with Crippen molar-refractivity contribution >= 4 is 21.6 Å². The Morgan fingerprint density at radius 1 is 1.10 bits per heavy atom. The van der Waals surface area contributed by atoms with Gasteiger partial charge in [0.2, 0.25) is 10.0 Å². The van der Waals surface area contributed by atoms with Crippen molar-refractivity contribution in [2.75, 3.05) is 24.5 Å². The fraction of sp³-hybridized carbons (Fsp3) is 0.318. The molecule has 29 heavy (non-hydrogen) atoms. The number of hydrogen-bond donors (Lipinski definition) is 0. The number of carbonyl (C=O) groups excluding carboxylic acids is 1. The molecule has 1 amide bonds. The van der Waals surface area contributed by atoms with Crippen molar-refractivity contribution < 1.29 is 17.9 Å². The van der Waals surface area contributed by atoms with Crippen LogP contribution in [0.5, 0.6) is 0 Å². The van der Waals surface area contributed by atoms with Crippen LogP contribution in [0.25, 0.3) is 0 Å². The molecule has 2 aromatic carbocycles. The molecule has 2 aromatic rings. The van der Waals surface area contributed by atoms with E-state index >= 15 is 0 Å². The van der Waals surface area contributed by atoms with E-state index in [1.807, 2.05) is 44.2 Å². The molecule has 1 fully saturated rings. The van der Waals surface area contributed by atoms with Crippen LogP contribution in [0.15, 0.2) is 72.1 Å². The predicted molar refractivity (Wildman–Crippen MR) is 114 cm³/mol. The number of morpholine rings is 1. The van der Waals surface area contributed by atoms with E-state index < -0.39 is 10.0 Å². The summed E-state index contributed by atoms with van der Waals surface area (Å²) in [5.74, 6) is -0.214. The normalized spacial score (nSPS) is 20.2. The number of nitrogens with zero attached hydrogens (tertiary/aromatic N) is 2. The SMILES string of the molecule is C=CCN(C(=O)c1ccc(S(=O)(=O)N2CC(C)OC(C)C2)cc1)c1ccccc1. The largest absolute Gasteiger partial charge is 0.373 e. The molecule has 7 heteroatoms. The van der Waals surface area contributed by atoms with Gasteiger partial charge in [0.05, 0.1) is 17.1 Å². The molecule has 0 bridgehead atoms. The first-order chi connectivity index (χ1) is 13.8. The highest BCUT2D eigenvalue weighted by molar-refractivity contribution is 7.89. The van der Waals surface area contributed by atoms with E-state index in [4.69, 9.17) is 4.74 Å². The second-order valence-corrected chi connectivity index (χ2v) is 9.08. The van der Waals surface area contributed by atoms with Gasteiger partial charge in [0, 0.05) is 30.9 Å². The Balaban J connectivity index is 1.83. The molecule has 2 unspecified atom stereocenters. The molecule has 0 spiro atoms. The highest BCUT2D eigenvalue weighted by Crippen LogP contribution is 2.23. The number of rotatable bonds is 6. The number of anilines is 1. The summed E-state index contributed by atoms with van der Waals surface area (Å²) in [4.78, 5) is 14.8. The minimum absolute atomic E-state index is 0.160. The summed E-state index contributed by atoms with van der Waals surface area (Å²) in [5, 5.41) is 0. The highest BCUT2D eigenvalue weighted by atomic mass is 32.2. The van der Waals surface area contributed by atoms with Gasteiger partial charge in [-0.3, -0.25) is 4.79 Å². The number of carbonyl (C=O) groups is 1. The topological polar surface area (TPSA) is 66.9 Å². The third-order valence-corrected chi connectivity index (χ3v) is 6.60. The van der Waals surface area contributed by atoms with Gasteiger partial charge in [-0.25, -0.2) is 8.42 Å². The minimum atomic E-state index is -3.64. The lowest BCUT2D eigenvalue weighted by Gasteiger charge is -2.34. The zero-order valence-electron chi connectivity index (χ0n) is 16.7. The quantitative estimate of drug-likeness (QED) is 0.680. The summed E-state index contributed by atoms with van der Waals surface area (Å²) in [5.41, 5.74) is 1.17. The van der Waals surface area contributed by atoms with E-state index in [9.17, 15) is 13.2 Å². The molecule has 0 radical (unpaired) electrons. The fourth-order valence-corrected chi connectivity index (χ4v) is 5.03. The summed E-state index contributed by atoms with van der Waals surface area (Å²) < 4.78 is 33.0. The molecule has 1 saturated heterocycles. The monoisotopic (exact) mass is 414 g/mol. The number of ether oxygens (including phenoxy) is 1. The Labute approximate surface area is 172 Å². The van der Waals surface area contributed by atoms with Gasteiger partial charge in [-0.2, -0.15) is 4.31 Å². The van der Waals surface area contributed by atoms with E-state index in [0.717, 1.165) is 5.69 Å². The van der Waals surface area contributed by atoms with Crippen LogP contribution in [-0.4, -0.2) is 50.5 Å². The lowest BCUT2D eigenvalue weighted by atomic mass is 10.2. The van der Waals surface area contributed by atoms with Crippen molar-refractivity contribution in [1.82, 2.24) is 4.31 Å². The zero-order chi connectivity index (χ0) is 21.0. The van der Waals surface area contributed by atoms with Crippen molar-refractivity contribution in [3.05, 3.63) is 72.8 Å². The van der Waals surface area contributed by atoms with E-state index in [2.05, 4.69) is 6.58 Å². The molecule has 0 saturated carbocycles. The van der Waals surface area contributed by atoms with Crippen molar-refractivity contribution in [1.29, 1.82) is 0 Å². The maximum atomic E-state index is 13.0. The third kappa shape index (κ3) is 4.75. The number of para-hydroxylation sites is 1. The van der Waals surface area contributed by atoms with Gasteiger partial charge in [0.1, 0.15) is 0 Å². The van der Waals surface area contributed by atoms with E-state index in [0.29, 0.717) is 25.2 Å². The molecule has 1 heterocycles.